The molecule has 0 saturated carbocycles. The molecule has 7 nitrogen and oxygen atoms in total. The lowest BCUT2D eigenvalue weighted by atomic mass is 10.1. The number of pyridine rings is 1. The molecule has 2 aromatic rings. The average Bonchev–Trinajstić information content (AvgIpc) is 3.08. The number of aryl methyl sites for hydroxylation is 3. The number of aromatic nitrogens is 3. The van der Waals surface area contributed by atoms with E-state index >= 15 is 0 Å². The van der Waals surface area contributed by atoms with Crippen molar-refractivity contribution in [2.75, 3.05) is 19.7 Å². The molecule has 128 valence electrons. The summed E-state index contributed by atoms with van der Waals surface area (Å²) in [5.41, 5.74) is 2.01. The Morgan fingerprint density at radius 3 is 3.08 bits per heavy atom. The van der Waals surface area contributed by atoms with Gasteiger partial charge in [-0.25, -0.2) is 0 Å². The molecule has 1 saturated heterocycles. The molecule has 1 fully saturated rings. The molecule has 0 bridgehead atoms. The summed E-state index contributed by atoms with van der Waals surface area (Å²) in [6, 6.07) is 3.94. The first-order valence-corrected chi connectivity index (χ1v) is 8.29. The summed E-state index contributed by atoms with van der Waals surface area (Å²) >= 11 is 0. The number of carbonyl (C=O) groups is 1. The van der Waals surface area contributed by atoms with Gasteiger partial charge < -0.3 is 14.2 Å². The van der Waals surface area contributed by atoms with Crippen molar-refractivity contribution in [3.05, 3.63) is 41.3 Å². The van der Waals surface area contributed by atoms with Crippen molar-refractivity contribution in [2.45, 2.75) is 39.2 Å². The standard InChI is InChI=1S/C17H22N4O3/c1-3-15-19-16(24-20-15)4-5-17(22)21-8-9-23-14(11-21)13-6-7-18-12(2)10-13/h6-7,10,14H,3-5,8-9,11H2,1-2H3. The van der Waals surface area contributed by atoms with Gasteiger partial charge in [-0.15, -0.1) is 0 Å². The van der Waals surface area contributed by atoms with Crippen molar-refractivity contribution in [1.29, 1.82) is 0 Å². The Morgan fingerprint density at radius 2 is 2.33 bits per heavy atom. The molecule has 0 N–H and O–H groups in total. The quantitative estimate of drug-likeness (QED) is 0.832. The van der Waals surface area contributed by atoms with Crippen molar-refractivity contribution in [3.8, 4) is 0 Å². The predicted molar refractivity (Wildman–Crippen MR) is 86.2 cm³/mol. The summed E-state index contributed by atoms with van der Waals surface area (Å²) in [7, 11) is 0. The summed E-state index contributed by atoms with van der Waals surface area (Å²) < 4.78 is 11.0. The van der Waals surface area contributed by atoms with E-state index in [2.05, 4.69) is 15.1 Å². The van der Waals surface area contributed by atoms with Crippen LogP contribution in [0.4, 0.5) is 0 Å². The zero-order valence-corrected chi connectivity index (χ0v) is 14.1. The Morgan fingerprint density at radius 1 is 1.46 bits per heavy atom. The molecule has 2 aromatic heterocycles. The third-order valence-corrected chi connectivity index (χ3v) is 4.09. The van der Waals surface area contributed by atoms with E-state index in [0.29, 0.717) is 44.3 Å². The molecule has 1 aliphatic heterocycles. The van der Waals surface area contributed by atoms with Crippen LogP contribution in [0.5, 0.6) is 0 Å². The summed E-state index contributed by atoms with van der Waals surface area (Å²) in [5, 5.41) is 3.85. The number of carbonyl (C=O) groups excluding carboxylic acids is 1. The molecule has 24 heavy (non-hydrogen) atoms. The van der Waals surface area contributed by atoms with Gasteiger partial charge in [-0.2, -0.15) is 4.98 Å². The van der Waals surface area contributed by atoms with Crippen molar-refractivity contribution in [1.82, 2.24) is 20.0 Å². The lowest BCUT2D eigenvalue weighted by Crippen LogP contribution is -2.42. The number of hydrogen-bond acceptors (Lipinski definition) is 6. The van der Waals surface area contributed by atoms with E-state index in [0.717, 1.165) is 17.7 Å². The molecule has 7 heteroatoms. The van der Waals surface area contributed by atoms with Gasteiger partial charge in [-0.3, -0.25) is 9.78 Å². The molecule has 1 amide bonds. The van der Waals surface area contributed by atoms with Crippen molar-refractivity contribution >= 4 is 5.91 Å². The van der Waals surface area contributed by atoms with E-state index in [1.165, 1.54) is 0 Å². The van der Waals surface area contributed by atoms with Crippen molar-refractivity contribution < 1.29 is 14.1 Å². The maximum absolute atomic E-state index is 12.5. The summed E-state index contributed by atoms with van der Waals surface area (Å²) in [6.07, 6.45) is 3.25. The third kappa shape index (κ3) is 3.97. The Labute approximate surface area is 141 Å². The highest BCUT2D eigenvalue weighted by Crippen LogP contribution is 2.23. The molecule has 1 aliphatic rings. The highest BCUT2D eigenvalue weighted by molar-refractivity contribution is 5.76. The minimum absolute atomic E-state index is 0.0883. The number of amides is 1. The second kappa shape index (κ2) is 7.53. The van der Waals surface area contributed by atoms with Crippen LogP contribution in [0.1, 0.15) is 42.4 Å². The van der Waals surface area contributed by atoms with Gasteiger partial charge in [0.2, 0.25) is 11.8 Å². The molecular formula is C17H22N4O3. The normalized spacial score (nSPS) is 17.9. The fourth-order valence-electron chi connectivity index (χ4n) is 2.75. The smallest absolute Gasteiger partial charge is 0.227 e. The van der Waals surface area contributed by atoms with Crippen LogP contribution >= 0.6 is 0 Å². The number of rotatable bonds is 5. The molecule has 1 atom stereocenters. The minimum atomic E-state index is -0.0977. The van der Waals surface area contributed by atoms with Gasteiger partial charge >= 0.3 is 0 Å². The molecule has 0 spiro atoms. The maximum Gasteiger partial charge on any atom is 0.227 e. The first kappa shape index (κ1) is 16.6. The topological polar surface area (TPSA) is 81.4 Å². The molecular weight excluding hydrogens is 308 g/mol. The van der Waals surface area contributed by atoms with E-state index in [1.54, 1.807) is 6.20 Å². The molecule has 3 heterocycles. The van der Waals surface area contributed by atoms with Crippen LogP contribution in [-0.2, 0) is 22.4 Å². The van der Waals surface area contributed by atoms with E-state index in [9.17, 15) is 4.79 Å². The fraction of sp³-hybridized carbons (Fsp3) is 0.529. The Kier molecular flexibility index (Phi) is 5.20. The first-order valence-electron chi connectivity index (χ1n) is 8.29. The average molecular weight is 330 g/mol. The molecule has 0 aromatic carbocycles. The van der Waals surface area contributed by atoms with Crippen LogP contribution in [0, 0.1) is 6.92 Å². The van der Waals surface area contributed by atoms with Crippen LogP contribution in [0.3, 0.4) is 0 Å². The monoisotopic (exact) mass is 330 g/mol. The highest BCUT2D eigenvalue weighted by atomic mass is 16.5. The van der Waals surface area contributed by atoms with Gasteiger partial charge in [0.25, 0.3) is 0 Å². The number of hydrogen-bond donors (Lipinski definition) is 0. The van der Waals surface area contributed by atoms with E-state index in [-0.39, 0.29) is 12.0 Å². The lowest BCUT2D eigenvalue weighted by molar-refractivity contribution is -0.139. The van der Waals surface area contributed by atoms with Crippen LogP contribution in [0.25, 0.3) is 0 Å². The number of ether oxygens (including phenoxy) is 1. The molecule has 0 aliphatic carbocycles. The second-order valence-electron chi connectivity index (χ2n) is 5.89. The van der Waals surface area contributed by atoms with Gasteiger partial charge in [0, 0.05) is 37.7 Å². The molecule has 1 unspecified atom stereocenters. The molecule has 0 radical (unpaired) electrons. The minimum Gasteiger partial charge on any atom is -0.370 e. The third-order valence-electron chi connectivity index (χ3n) is 4.09. The van der Waals surface area contributed by atoms with Gasteiger partial charge in [0.15, 0.2) is 5.82 Å². The van der Waals surface area contributed by atoms with Crippen LogP contribution in [0.15, 0.2) is 22.9 Å². The molecule has 3 rings (SSSR count). The summed E-state index contributed by atoms with van der Waals surface area (Å²) in [4.78, 5) is 22.7. The lowest BCUT2D eigenvalue weighted by Gasteiger charge is -2.33. The van der Waals surface area contributed by atoms with Crippen molar-refractivity contribution in [3.63, 3.8) is 0 Å². The van der Waals surface area contributed by atoms with Gasteiger partial charge in [0.1, 0.15) is 6.10 Å². The van der Waals surface area contributed by atoms with Gasteiger partial charge in [-0.1, -0.05) is 12.1 Å². The Bertz CT molecular complexity index is 701. The largest absolute Gasteiger partial charge is 0.370 e. The van der Waals surface area contributed by atoms with Gasteiger partial charge in [-0.05, 0) is 24.6 Å². The van der Waals surface area contributed by atoms with E-state index < -0.39 is 0 Å². The summed E-state index contributed by atoms with van der Waals surface area (Å²) in [6.45, 7) is 5.63. The summed E-state index contributed by atoms with van der Waals surface area (Å²) in [5.74, 6) is 1.29. The second-order valence-corrected chi connectivity index (χ2v) is 5.89. The SMILES string of the molecule is CCc1noc(CCC(=O)N2CCOC(c3ccnc(C)c3)C2)n1. The predicted octanol–water partition coefficient (Wildman–Crippen LogP) is 1.87. The fourth-order valence-corrected chi connectivity index (χ4v) is 2.75. The Balaban J connectivity index is 1.56. The van der Waals surface area contributed by atoms with Crippen LogP contribution < -0.4 is 0 Å². The van der Waals surface area contributed by atoms with Gasteiger partial charge in [0.05, 0.1) is 13.2 Å². The number of morpholine rings is 1. The zero-order valence-electron chi connectivity index (χ0n) is 14.1. The van der Waals surface area contributed by atoms with E-state index in [4.69, 9.17) is 9.26 Å². The van der Waals surface area contributed by atoms with Crippen LogP contribution in [0.2, 0.25) is 0 Å². The van der Waals surface area contributed by atoms with E-state index in [1.807, 2.05) is 30.9 Å². The Hall–Kier alpha value is -2.28. The number of nitrogens with zero attached hydrogens (tertiary/aromatic N) is 4. The first-order chi connectivity index (χ1) is 11.7. The highest BCUT2D eigenvalue weighted by Gasteiger charge is 2.25. The van der Waals surface area contributed by atoms with Crippen LogP contribution in [-0.4, -0.2) is 45.6 Å². The zero-order chi connectivity index (χ0) is 16.9. The van der Waals surface area contributed by atoms with Crippen molar-refractivity contribution in [2.24, 2.45) is 0 Å². The maximum atomic E-state index is 12.5.